The molecule has 4 heterocycles. The van der Waals surface area contributed by atoms with Crippen LogP contribution in [0, 0.1) is 29.6 Å². The fraction of sp³-hybridized carbons (Fsp3) is 0.696. The molecule has 7 heteroatoms. The zero-order valence-corrected chi connectivity index (χ0v) is 18.4. The topological polar surface area (TPSA) is 88.1 Å². The first-order valence-electron chi connectivity index (χ1n) is 10.4. The van der Waals surface area contributed by atoms with Gasteiger partial charge in [-0.3, -0.25) is 14.4 Å². The highest BCUT2D eigenvalue weighted by Gasteiger charge is 2.83. The second-order valence-corrected chi connectivity index (χ2v) is 9.89. The molecule has 162 valence electrons. The van der Waals surface area contributed by atoms with E-state index >= 15 is 0 Å². The van der Waals surface area contributed by atoms with Crippen LogP contribution in [0.5, 0.6) is 0 Å². The summed E-state index contributed by atoms with van der Waals surface area (Å²) in [4.78, 5) is 39.9. The van der Waals surface area contributed by atoms with Crippen molar-refractivity contribution in [2.45, 2.75) is 57.0 Å². The van der Waals surface area contributed by atoms with Gasteiger partial charge in [0.1, 0.15) is 28.8 Å². The number of rotatable bonds is 2. The lowest BCUT2D eigenvalue weighted by Crippen LogP contribution is -2.67. The van der Waals surface area contributed by atoms with Gasteiger partial charge in [0.2, 0.25) is 0 Å². The maximum Gasteiger partial charge on any atom is 0.312 e. The molecule has 5 rings (SSSR count). The molecule has 0 amide bonds. The summed E-state index contributed by atoms with van der Waals surface area (Å²) in [7, 11) is 2.65. The van der Waals surface area contributed by atoms with Crippen molar-refractivity contribution in [3.63, 3.8) is 0 Å². The molecule has 0 aromatic heterocycles. The Bertz CT molecular complexity index is 891. The van der Waals surface area contributed by atoms with Crippen molar-refractivity contribution < 1.29 is 33.3 Å². The molecular weight excluding hydrogens is 388 g/mol. The molecule has 3 fully saturated rings. The molecule has 4 aliphatic heterocycles. The van der Waals surface area contributed by atoms with Crippen LogP contribution < -0.4 is 0 Å². The number of ketones is 1. The number of hydrogen-bond donors (Lipinski definition) is 0. The van der Waals surface area contributed by atoms with E-state index < -0.39 is 58.0 Å². The molecule has 0 aromatic rings. The summed E-state index contributed by atoms with van der Waals surface area (Å²) in [5.41, 5.74) is -1.99. The Labute approximate surface area is 175 Å². The third kappa shape index (κ3) is 1.76. The van der Waals surface area contributed by atoms with E-state index in [-0.39, 0.29) is 11.7 Å². The van der Waals surface area contributed by atoms with Crippen molar-refractivity contribution in [2.24, 2.45) is 29.6 Å². The van der Waals surface area contributed by atoms with Gasteiger partial charge in [-0.1, -0.05) is 19.1 Å². The van der Waals surface area contributed by atoms with E-state index in [1.165, 1.54) is 14.2 Å². The third-order valence-corrected chi connectivity index (χ3v) is 8.65. The maximum atomic E-state index is 14.2. The smallest absolute Gasteiger partial charge is 0.312 e. The Morgan fingerprint density at radius 2 is 1.23 bits per heavy atom. The molecule has 5 aliphatic rings. The standard InChI is InChI=1S/C23H28O7/c1-10-8-20(4)15(18(25)27-6)13-17(24)14-16(19(26)28-7)21(5)9-11(2)23(14,30-21)12(3)22(10,13)29-20/h8-9,12-16H,1-7H3/t12?,13-,14+,15-,16+,20+,21-,22+,23-. The lowest BCUT2D eigenvalue weighted by atomic mass is 9.47. The second kappa shape index (κ2) is 5.43. The molecule has 4 bridgehead atoms. The van der Waals surface area contributed by atoms with E-state index in [0.717, 1.165) is 11.1 Å². The van der Waals surface area contributed by atoms with Crippen LogP contribution in [-0.2, 0) is 33.3 Å². The average Bonchev–Trinajstić information content (AvgIpc) is 3.31. The normalized spacial score (nSPS) is 52.5. The minimum absolute atomic E-state index is 0.175. The molecule has 2 spiro atoms. The molecule has 1 saturated carbocycles. The summed E-state index contributed by atoms with van der Waals surface area (Å²) in [6.45, 7) is 9.58. The predicted molar refractivity (Wildman–Crippen MR) is 104 cm³/mol. The van der Waals surface area contributed by atoms with Gasteiger partial charge in [0.05, 0.1) is 37.3 Å². The van der Waals surface area contributed by atoms with Gasteiger partial charge in [-0.2, -0.15) is 0 Å². The van der Waals surface area contributed by atoms with E-state index in [1.54, 1.807) is 0 Å². The summed E-state index contributed by atoms with van der Waals surface area (Å²) >= 11 is 0. The minimum atomic E-state index is -0.980. The Kier molecular flexibility index (Phi) is 3.61. The number of fused-ring (bicyclic) bond motifs is 2. The fourth-order valence-electron chi connectivity index (χ4n) is 7.77. The van der Waals surface area contributed by atoms with Crippen molar-refractivity contribution in [2.75, 3.05) is 14.2 Å². The Morgan fingerprint density at radius 1 is 0.867 bits per heavy atom. The molecule has 7 nitrogen and oxygen atoms in total. The Balaban J connectivity index is 1.76. The Hall–Kier alpha value is -1.99. The molecule has 1 aliphatic carbocycles. The summed E-state index contributed by atoms with van der Waals surface area (Å²) in [5, 5.41) is 0. The first-order valence-corrected chi connectivity index (χ1v) is 10.4. The van der Waals surface area contributed by atoms with E-state index in [1.807, 2.05) is 46.8 Å². The van der Waals surface area contributed by atoms with Crippen LogP contribution in [0.4, 0.5) is 0 Å². The van der Waals surface area contributed by atoms with Gasteiger partial charge in [-0.05, 0) is 38.8 Å². The van der Waals surface area contributed by atoms with Crippen molar-refractivity contribution in [3.8, 4) is 0 Å². The quantitative estimate of drug-likeness (QED) is 0.502. The molecule has 9 atom stereocenters. The number of ether oxygens (including phenoxy) is 4. The molecule has 0 N–H and O–H groups in total. The zero-order chi connectivity index (χ0) is 22.0. The number of methoxy groups -OCH3 is 2. The van der Waals surface area contributed by atoms with Crippen LogP contribution >= 0.6 is 0 Å². The maximum absolute atomic E-state index is 14.2. The summed E-state index contributed by atoms with van der Waals surface area (Å²) in [5.74, 6) is -4.43. The summed E-state index contributed by atoms with van der Waals surface area (Å²) in [6, 6.07) is 0. The van der Waals surface area contributed by atoms with Gasteiger partial charge in [0.25, 0.3) is 0 Å². The van der Waals surface area contributed by atoms with Crippen LogP contribution in [0.1, 0.15) is 34.6 Å². The number of esters is 2. The van der Waals surface area contributed by atoms with Crippen molar-refractivity contribution in [1.82, 2.24) is 0 Å². The fourth-order valence-corrected chi connectivity index (χ4v) is 7.77. The second-order valence-electron chi connectivity index (χ2n) is 9.89. The number of Topliss-reactive ketones (excluding diaryl/α,β-unsaturated/α-hetero) is 1. The lowest BCUT2D eigenvalue weighted by molar-refractivity contribution is -0.182. The van der Waals surface area contributed by atoms with Gasteiger partial charge in [0, 0.05) is 5.92 Å². The largest absolute Gasteiger partial charge is 0.469 e. The van der Waals surface area contributed by atoms with Crippen molar-refractivity contribution in [1.29, 1.82) is 0 Å². The highest BCUT2D eigenvalue weighted by atomic mass is 16.6. The average molecular weight is 416 g/mol. The van der Waals surface area contributed by atoms with Gasteiger partial charge in [0.15, 0.2) is 0 Å². The van der Waals surface area contributed by atoms with Gasteiger partial charge in [-0.15, -0.1) is 0 Å². The molecule has 0 aromatic carbocycles. The number of carbonyl (C=O) groups is 3. The highest BCUT2D eigenvalue weighted by Crippen LogP contribution is 2.72. The van der Waals surface area contributed by atoms with Crippen molar-refractivity contribution >= 4 is 17.7 Å². The third-order valence-electron chi connectivity index (χ3n) is 8.65. The number of carbonyl (C=O) groups excluding carboxylic acids is 3. The summed E-state index contributed by atoms with van der Waals surface area (Å²) in [6.07, 6.45) is 3.90. The van der Waals surface area contributed by atoms with E-state index in [2.05, 4.69) is 0 Å². The SMILES string of the molecule is COC(=O)[C@@H]1[C@H]2C(=O)[C@H]3[C@H](C(=O)OC)[C@]4(C)C=C(C)[C@]3(O4)C(C)[C@@]23O[C@]1(C)C=C3C. The zero-order valence-electron chi connectivity index (χ0n) is 18.4. The Morgan fingerprint density at radius 3 is 1.57 bits per heavy atom. The van der Waals surface area contributed by atoms with Crippen molar-refractivity contribution in [3.05, 3.63) is 23.3 Å². The van der Waals surface area contributed by atoms with Crippen LogP contribution in [0.2, 0.25) is 0 Å². The molecule has 1 unspecified atom stereocenters. The van der Waals surface area contributed by atoms with E-state index in [9.17, 15) is 14.4 Å². The van der Waals surface area contributed by atoms with E-state index in [4.69, 9.17) is 18.9 Å². The molecule has 30 heavy (non-hydrogen) atoms. The van der Waals surface area contributed by atoms with Crippen LogP contribution in [0.25, 0.3) is 0 Å². The molecule has 2 saturated heterocycles. The summed E-state index contributed by atoms with van der Waals surface area (Å²) < 4.78 is 23.4. The molecule has 0 radical (unpaired) electrons. The first kappa shape index (κ1) is 19.9. The van der Waals surface area contributed by atoms with Crippen LogP contribution in [-0.4, -0.2) is 54.3 Å². The lowest BCUT2D eigenvalue weighted by Gasteiger charge is -2.54. The van der Waals surface area contributed by atoms with E-state index in [0.29, 0.717) is 0 Å². The number of hydrogen-bond acceptors (Lipinski definition) is 7. The predicted octanol–water partition coefficient (Wildman–Crippen LogP) is 1.99. The van der Waals surface area contributed by atoms with Gasteiger partial charge in [-0.25, -0.2) is 0 Å². The highest BCUT2D eigenvalue weighted by molar-refractivity contribution is 5.99. The molecular formula is C23H28O7. The monoisotopic (exact) mass is 416 g/mol. The van der Waals surface area contributed by atoms with Gasteiger partial charge < -0.3 is 18.9 Å². The van der Waals surface area contributed by atoms with Crippen LogP contribution in [0.3, 0.4) is 0 Å². The van der Waals surface area contributed by atoms with Crippen LogP contribution in [0.15, 0.2) is 23.3 Å². The van der Waals surface area contributed by atoms with Gasteiger partial charge >= 0.3 is 11.9 Å². The first-order chi connectivity index (χ1) is 13.9. The minimum Gasteiger partial charge on any atom is -0.469 e.